The minimum absolute atomic E-state index is 0.212. The third-order valence-corrected chi connectivity index (χ3v) is 4.86. The van der Waals surface area contributed by atoms with Gasteiger partial charge in [0.25, 0.3) is 0 Å². The van der Waals surface area contributed by atoms with Crippen molar-refractivity contribution < 1.29 is 14.3 Å². The number of ketones is 1. The van der Waals surface area contributed by atoms with Gasteiger partial charge < -0.3 is 4.74 Å². The number of aryl methyl sites for hydroxylation is 5. The fraction of sp³-hybridized carbons (Fsp3) is 0.333. The number of aromatic nitrogens is 3. The Labute approximate surface area is 158 Å². The molecule has 2 heterocycles. The predicted molar refractivity (Wildman–Crippen MR) is 103 cm³/mol. The van der Waals surface area contributed by atoms with Gasteiger partial charge in [0.05, 0.1) is 11.3 Å². The van der Waals surface area contributed by atoms with E-state index in [-0.39, 0.29) is 5.78 Å². The van der Waals surface area contributed by atoms with Crippen LogP contribution in [0.2, 0.25) is 0 Å². The van der Waals surface area contributed by atoms with Crippen molar-refractivity contribution in [2.45, 2.75) is 40.7 Å². The van der Waals surface area contributed by atoms with Gasteiger partial charge >= 0.3 is 5.97 Å². The molecule has 6 nitrogen and oxygen atoms in total. The van der Waals surface area contributed by atoms with Crippen LogP contribution in [0.1, 0.15) is 50.0 Å². The summed E-state index contributed by atoms with van der Waals surface area (Å²) in [6.45, 7) is 9.30. The summed E-state index contributed by atoms with van der Waals surface area (Å²) in [5, 5.41) is 5.08. The van der Waals surface area contributed by atoms with Gasteiger partial charge in [0.2, 0.25) is 5.78 Å². The number of pyridine rings is 1. The molecule has 1 aromatic carbocycles. The molecule has 0 aliphatic rings. The molecule has 2 aromatic heterocycles. The lowest BCUT2D eigenvalue weighted by molar-refractivity contribution is 0.0318. The number of hydrogen-bond acceptors (Lipinski definition) is 5. The molecule has 6 heteroatoms. The summed E-state index contributed by atoms with van der Waals surface area (Å²) in [6, 6.07) is 5.52. The topological polar surface area (TPSA) is 74.1 Å². The Hall–Kier alpha value is -3.02. The Morgan fingerprint density at radius 1 is 1.04 bits per heavy atom. The third kappa shape index (κ3) is 3.47. The number of benzene rings is 1. The summed E-state index contributed by atoms with van der Waals surface area (Å²) in [6.07, 6.45) is 0.563. The van der Waals surface area contributed by atoms with Gasteiger partial charge in [-0.15, -0.1) is 0 Å². The van der Waals surface area contributed by atoms with E-state index in [9.17, 15) is 9.59 Å². The van der Waals surface area contributed by atoms with E-state index in [0.29, 0.717) is 16.8 Å². The van der Waals surface area contributed by atoms with Gasteiger partial charge in [-0.1, -0.05) is 6.07 Å². The summed E-state index contributed by atoms with van der Waals surface area (Å²) in [4.78, 5) is 29.6. The molecule has 0 amide bonds. The molecule has 0 N–H and O–H groups in total. The van der Waals surface area contributed by atoms with E-state index in [4.69, 9.17) is 4.74 Å². The van der Waals surface area contributed by atoms with Crippen LogP contribution in [-0.2, 0) is 11.8 Å². The van der Waals surface area contributed by atoms with Gasteiger partial charge in [-0.05, 0) is 63.4 Å². The molecule has 0 bridgehead atoms. The maximum Gasteiger partial charge on any atom is 0.340 e. The maximum absolute atomic E-state index is 12.8. The Morgan fingerprint density at radius 3 is 2.41 bits per heavy atom. The molecule has 3 aromatic rings. The summed E-state index contributed by atoms with van der Waals surface area (Å²) < 4.78 is 7.08. The average molecular weight is 365 g/mol. The zero-order chi connectivity index (χ0) is 19.9. The quantitative estimate of drug-likeness (QED) is 0.521. The normalized spacial score (nSPS) is 12.2. The first-order valence-corrected chi connectivity index (χ1v) is 8.81. The van der Waals surface area contributed by atoms with Crippen LogP contribution < -0.4 is 0 Å². The standard InChI is InChI=1S/C21H23N3O3/c1-11-7-13(3)17(8-12(11)2)19(25)15(5)27-21(26)16-9-18-14(4)23-24(6)20(18)22-10-16/h7-10,15H,1-6H3. The molecule has 1 atom stereocenters. The fourth-order valence-electron chi connectivity index (χ4n) is 3.15. The zero-order valence-corrected chi connectivity index (χ0v) is 16.5. The van der Waals surface area contributed by atoms with Crippen molar-refractivity contribution in [3.63, 3.8) is 0 Å². The first-order chi connectivity index (χ1) is 12.7. The Morgan fingerprint density at radius 2 is 1.70 bits per heavy atom. The summed E-state index contributed by atoms with van der Waals surface area (Å²) in [7, 11) is 1.80. The van der Waals surface area contributed by atoms with Gasteiger partial charge in [-0.2, -0.15) is 5.10 Å². The highest BCUT2D eigenvalue weighted by molar-refractivity contribution is 6.03. The summed E-state index contributed by atoms with van der Waals surface area (Å²) in [5.74, 6) is -0.787. The lowest BCUT2D eigenvalue weighted by Crippen LogP contribution is -2.25. The highest BCUT2D eigenvalue weighted by Gasteiger charge is 2.23. The minimum atomic E-state index is -0.885. The molecule has 0 fully saturated rings. The maximum atomic E-state index is 12.8. The van der Waals surface area contributed by atoms with Crippen molar-refractivity contribution in [1.82, 2.24) is 14.8 Å². The van der Waals surface area contributed by atoms with Crippen LogP contribution >= 0.6 is 0 Å². The van der Waals surface area contributed by atoms with E-state index >= 15 is 0 Å². The smallest absolute Gasteiger partial charge is 0.340 e. The first kappa shape index (κ1) is 18.8. The number of rotatable bonds is 4. The monoisotopic (exact) mass is 365 g/mol. The van der Waals surface area contributed by atoms with E-state index in [2.05, 4.69) is 10.1 Å². The predicted octanol–water partition coefficient (Wildman–Crippen LogP) is 3.63. The van der Waals surface area contributed by atoms with E-state index in [0.717, 1.165) is 27.8 Å². The van der Waals surface area contributed by atoms with Crippen molar-refractivity contribution in [3.8, 4) is 0 Å². The molecule has 27 heavy (non-hydrogen) atoms. The van der Waals surface area contributed by atoms with Gasteiger partial charge in [0.1, 0.15) is 0 Å². The number of fused-ring (bicyclic) bond motifs is 1. The average Bonchev–Trinajstić information content (AvgIpc) is 2.91. The van der Waals surface area contributed by atoms with Crippen LogP contribution in [0, 0.1) is 27.7 Å². The third-order valence-electron chi connectivity index (χ3n) is 4.86. The van der Waals surface area contributed by atoms with Crippen molar-refractivity contribution in [3.05, 3.63) is 57.9 Å². The summed E-state index contributed by atoms with van der Waals surface area (Å²) in [5.41, 5.74) is 5.39. The highest BCUT2D eigenvalue weighted by atomic mass is 16.5. The number of esters is 1. The molecule has 140 valence electrons. The SMILES string of the molecule is Cc1cc(C)c(C(=O)C(C)OC(=O)c2cnc3c(c2)c(C)nn3C)cc1C. The van der Waals surface area contributed by atoms with E-state index in [1.807, 2.05) is 39.8 Å². The largest absolute Gasteiger partial charge is 0.451 e. The molecule has 3 rings (SSSR count). The van der Waals surface area contributed by atoms with Crippen LogP contribution in [0.15, 0.2) is 24.4 Å². The number of carbonyl (C=O) groups excluding carboxylic acids is 2. The number of Topliss-reactive ketones (excluding diaryl/α,β-unsaturated/α-hetero) is 1. The molecule has 0 radical (unpaired) electrons. The van der Waals surface area contributed by atoms with Crippen LogP contribution in [0.4, 0.5) is 0 Å². The second kappa shape index (κ2) is 6.95. The lowest BCUT2D eigenvalue weighted by Gasteiger charge is -2.15. The van der Waals surface area contributed by atoms with Gasteiger partial charge in [0.15, 0.2) is 11.8 Å². The second-order valence-electron chi connectivity index (χ2n) is 6.97. The van der Waals surface area contributed by atoms with E-state index in [1.165, 1.54) is 6.20 Å². The van der Waals surface area contributed by atoms with E-state index < -0.39 is 12.1 Å². The van der Waals surface area contributed by atoms with E-state index in [1.54, 1.807) is 24.7 Å². The zero-order valence-electron chi connectivity index (χ0n) is 16.5. The second-order valence-corrected chi connectivity index (χ2v) is 6.97. The van der Waals surface area contributed by atoms with Crippen molar-refractivity contribution in [1.29, 1.82) is 0 Å². The number of carbonyl (C=O) groups is 2. The molecule has 0 saturated heterocycles. The van der Waals surface area contributed by atoms with Crippen molar-refractivity contribution in [2.24, 2.45) is 7.05 Å². The fourth-order valence-corrected chi connectivity index (χ4v) is 3.15. The van der Waals surface area contributed by atoms with Crippen molar-refractivity contribution >= 4 is 22.8 Å². The van der Waals surface area contributed by atoms with Gasteiger partial charge in [-0.3, -0.25) is 9.48 Å². The minimum Gasteiger partial charge on any atom is -0.451 e. The molecular weight excluding hydrogens is 342 g/mol. The Bertz CT molecular complexity index is 1070. The van der Waals surface area contributed by atoms with Crippen molar-refractivity contribution in [2.75, 3.05) is 0 Å². The van der Waals surface area contributed by atoms with Gasteiger partial charge in [0, 0.05) is 24.2 Å². The molecule has 1 unspecified atom stereocenters. The van der Waals surface area contributed by atoms with Crippen LogP contribution in [0.5, 0.6) is 0 Å². The van der Waals surface area contributed by atoms with Gasteiger partial charge in [-0.25, -0.2) is 9.78 Å². The number of hydrogen-bond donors (Lipinski definition) is 0. The highest BCUT2D eigenvalue weighted by Crippen LogP contribution is 2.20. The Balaban J connectivity index is 1.82. The van der Waals surface area contributed by atoms with Crippen LogP contribution in [-0.4, -0.2) is 32.6 Å². The summed E-state index contributed by atoms with van der Waals surface area (Å²) >= 11 is 0. The Kier molecular flexibility index (Phi) is 4.83. The molecule has 0 spiro atoms. The number of nitrogens with zero attached hydrogens (tertiary/aromatic N) is 3. The first-order valence-electron chi connectivity index (χ1n) is 8.81. The molecule has 0 aliphatic carbocycles. The van der Waals surface area contributed by atoms with Crippen LogP contribution in [0.3, 0.4) is 0 Å². The molecule has 0 aliphatic heterocycles. The lowest BCUT2D eigenvalue weighted by atomic mass is 9.96. The number of ether oxygens (including phenoxy) is 1. The molecular formula is C21H23N3O3. The molecule has 0 saturated carbocycles. The van der Waals surface area contributed by atoms with Crippen LogP contribution in [0.25, 0.3) is 11.0 Å².